The lowest BCUT2D eigenvalue weighted by atomic mass is 10.2. The van der Waals surface area contributed by atoms with Crippen molar-refractivity contribution < 1.29 is 12.6 Å². The molecule has 0 saturated carbocycles. The van der Waals surface area contributed by atoms with Gasteiger partial charge in [0.25, 0.3) is 0 Å². The van der Waals surface area contributed by atoms with Crippen molar-refractivity contribution >= 4 is 48.1 Å². The molecule has 18 heavy (non-hydrogen) atoms. The van der Waals surface area contributed by atoms with Crippen LogP contribution >= 0.6 is 27.3 Å². The summed E-state index contributed by atoms with van der Waals surface area (Å²) in [7, 11) is -4.23. The van der Waals surface area contributed by atoms with E-state index in [9.17, 15) is 12.6 Å². The minimum atomic E-state index is -3.46. The van der Waals surface area contributed by atoms with Gasteiger partial charge >= 0.3 is 0 Å². The molecule has 1 saturated heterocycles. The molecule has 1 fully saturated rings. The first kappa shape index (κ1) is 14.6. The van der Waals surface area contributed by atoms with Crippen LogP contribution in [0, 0.1) is 6.92 Å². The molecule has 1 aromatic rings. The zero-order valence-corrected chi connectivity index (χ0v) is 13.8. The quantitative estimate of drug-likeness (QED) is 0.883. The van der Waals surface area contributed by atoms with Crippen LogP contribution in [0.1, 0.15) is 17.7 Å². The first-order chi connectivity index (χ1) is 8.38. The minimum absolute atomic E-state index is 0.0919. The van der Waals surface area contributed by atoms with Crippen LogP contribution in [0.15, 0.2) is 14.7 Å². The summed E-state index contributed by atoms with van der Waals surface area (Å²) >= 11 is 4.70. The molecular weight excluding hydrogens is 358 g/mol. The molecule has 1 aliphatic heterocycles. The molecule has 1 aliphatic rings. The van der Waals surface area contributed by atoms with Crippen LogP contribution in [-0.4, -0.2) is 30.2 Å². The van der Waals surface area contributed by atoms with Gasteiger partial charge in [-0.2, -0.15) is 0 Å². The average molecular weight is 372 g/mol. The summed E-state index contributed by atoms with van der Waals surface area (Å²) in [6.45, 7) is 1.79. The maximum Gasteiger partial charge on any atom is 0.241 e. The van der Waals surface area contributed by atoms with Gasteiger partial charge in [-0.05, 0) is 41.8 Å². The van der Waals surface area contributed by atoms with E-state index in [1.165, 1.54) is 11.3 Å². The van der Waals surface area contributed by atoms with Gasteiger partial charge in [-0.25, -0.2) is 13.1 Å². The molecule has 0 spiro atoms. The number of thiophene rings is 1. The Kier molecular flexibility index (Phi) is 4.64. The second-order valence-electron chi connectivity index (χ2n) is 4.21. The Morgan fingerprint density at radius 1 is 1.44 bits per heavy atom. The van der Waals surface area contributed by atoms with E-state index >= 15 is 0 Å². The molecular formula is C10H14BrNO3S3. The topological polar surface area (TPSA) is 63.2 Å². The SMILES string of the molecule is Cc1sc(Br)cc1S(=O)(=O)NC1CCS(=O)CC1. The van der Waals surface area contributed by atoms with E-state index in [2.05, 4.69) is 20.7 Å². The molecule has 2 rings (SSSR count). The Balaban J connectivity index is 2.12. The third-order valence-electron chi connectivity index (χ3n) is 2.84. The van der Waals surface area contributed by atoms with Crippen molar-refractivity contribution in [1.82, 2.24) is 4.72 Å². The van der Waals surface area contributed by atoms with Gasteiger partial charge in [0.15, 0.2) is 0 Å². The molecule has 0 aliphatic carbocycles. The van der Waals surface area contributed by atoms with Crippen LogP contribution in [0.25, 0.3) is 0 Å². The summed E-state index contributed by atoms with van der Waals surface area (Å²) in [6.07, 6.45) is 1.30. The zero-order chi connectivity index (χ0) is 13.3. The van der Waals surface area contributed by atoms with Gasteiger partial charge in [-0.15, -0.1) is 11.3 Å². The van der Waals surface area contributed by atoms with Gasteiger partial charge in [0.1, 0.15) is 0 Å². The lowest BCUT2D eigenvalue weighted by Gasteiger charge is -2.22. The van der Waals surface area contributed by atoms with Gasteiger partial charge in [0.05, 0.1) is 8.68 Å². The Bertz CT molecular complexity index is 557. The number of halogens is 1. The number of hydrogen-bond donors (Lipinski definition) is 1. The lowest BCUT2D eigenvalue weighted by molar-refractivity contribution is 0.522. The number of rotatable bonds is 3. The molecule has 4 nitrogen and oxygen atoms in total. The number of nitrogens with one attached hydrogen (secondary N) is 1. The summed E-state index contributed by atoms with van der Waals surface area (Å²) in [5.41, 5.74) is 0. The predicted octanol–water partition coefficient (Wildman–Crippen LogP) is 2.01. The summed E-state index contributed by atoms with van der Waals surface area (Å²) < 4.78 is 39.2. The minimum Gasteiger partial charge on any atom is -0.260 e. The molecule has 8 heteroatoms. The average Bonchev–Trinajstić information content (AvgIpc) is 2.62. The molecule has 102 valence electrons. The normalized spacial score (nSPS) is 25.2. The molecule has 0 atom stereocenters. The van der Waals surface area contributed by atoms with Crippen LogP contribution in [0.2, 0.25) is 0 Å². The summed E-state index contributed by atoms with van der Waals surface area (Å²) in [6, 6.07) is 1.54. The van der Waals surface area contributed by atoms with E-state index in [0.29, 0.717) is 29.2 Å². The Hall–Kier alpha value is 0.240. The summed E-state index contributed by atoms with van der Waals surface area (Å²) in [4.78, 5) is 1.11. The van der Waals surface area contributed by atoms with E-state index in [-0.39, 0.29) is 6.04 Å². The van der Waals surface area contributed by atoms with Crippen molar-refractivity contribution in [2.75, 3.05) is 11.5 Å². The highest BCUT2D eigenvalue weighted by Crippen LogP contribution is 2.30. The summed E-state index contributed by atoms with van der Waals surface area (Å²) in [5.74, 6) is 1.17. The molecule has 0 amide bonds. The van der Waals surface area contributed by atoms with Crippen molar-refractivity contribution in [1.29, 1.82) is 0 Å². The Labute approximate surface area is 122 Å². The highest BCUT2D eigenvalue weighted by atomic mass is 79.9. The maximum absolute atomic E-state index is 12.2. The molecule has 1 aromatic heterocycles. The highest BCUT2D eigenvalue weighted by molar-refractivity contribution is 9.11. The van der Waals surface area contributed by atoms with Gasteiger partial charge in [0.2, 0.25) is 10.0 Å². The van der Waals surface area contributed by atoms with Crippen LogP contribution in [0.3, 0.4) is 0 Å². The van der Waals surface area contributed by atoms with Gasteiger partial charge in [-0.3, -0.25) is 4.21 Å². The molecule has 2 heterocycles. The standard InChI is InChI=1S/C10H14BrNO3S3/c1-7-9(6-10(11)16-7)18(14,15)12-8-2-4-17(13)5-3-8/h6,8,12H,2-5H2,1H3. The molecule has 0 radical (unpaired) electrons. The molecule has 0 bridgehead atoms. The first-order valence-electron chi connectivity index (χ1n) is 5.52. The zero-order valence-electron chi connectivity index (χ0n) is 9.81. The van der Waals surface area contributed by atoms with Crippen LogP contribution in [-0.2, 0) is 20.8 Å². The van der Waals surface area contributed by atoms with Crippen molar-refractivity contribution in [3.63, 3.8) is 0 Å². The number of hydrogen-bond acceptors (Lipinski definition) is 4. The Morgan fingerprint density at radius 3 is 2.56 bits per heavy atom. The van der Waals surface area contributed by atoms with Crippen molar-refractivity contribution in [3.8, 4) is 0 Å². The molecule has 1 N–H and O–H groups in total. The van der Waals surface area contributed by atoms with E-state index < -0.39 is 20.8 Å². The molecule has 0 unspecified atom stereocenters. The van der Waals surface area contributed by atoms with E-state index in [4.69, 9.17) is 0 Å². The second kappa shape index (κ2) is 5.70. The van der Waals surface area contributed by atoms with Gasteiger partial charge in [-0.1, -0.05) is 0 Å². The molecule has 0 aromatic carbocycles. The van der Waals surface area contributed by atoms with E-state index in [0.717, 1.165) is 8.66 Å². The second-order valence-corrected chi connectivity index (χ2v) is 10.2. The van der Waals surface area contributed by atoms with Crippen molar-refractivity contribution in [2.24, 2.45) is 0 Å². The number of aryl methyl sites for hydroxylation is 1. The van der Waals surface area contributed by atoms with E-state index in [1.807, 2.05) is 0 Å². The van der Waals surface area contributed by atoms with Crippen LogP contribution in [0.5, 0.6) is 0 Å². The third kappa shape index (κ3) is 3.41. The largest absolute Gasteiger partial charge is 0.260 e. The summed E-state index contributed by atoms with van der Waals surface area (Å²) in [5, 5.41) is 0. The lowest BCUT2D eigenvalue weighted by Crippen LogP contribution is -2.39. The fraction of sp³-hybridized carbons (Fsp3) is 0.600. The van der Waals surface area contributed by atoms with Gasteiger partial charge < -0.3 is 0 Å². The van der Waals surface area contributed by atoms with Crippen LogP contribution in [0.4, 0.5) is 0 Å². The fourth-order valence-corrected chi connectivity index (χ4v) is 6.91. The number of sulfonamides is 1. The maximum atomic E-state index is 12.2. The van der Waals surface area contributed by atoms with E-state index in [1.54, 1.807) is 13.0 Å². The highest BCUT2D eigenvalue weighted by Gasteiger charge is 2.26. The smallest absolute Gasteiger partial charge is 0.241 e. The van der Waals surface area contributed by atoms with Gasteiger partial charge in [0, 0.05) is 33.2 Å². The fourth-order valence-electron chi connectivity index (χ4n) is 1.89. The first-order valence-corrected chi connectivity index (χ1v) is 10.1. The van der Waals surface area contributed by atoms with Crippen molar-refractivity contribution in [3.05, 3.63) is 14.7 Å². The third-order valence-corrected chi connectivity index (χ3v) is 7.55. The Morgan fingerprint density at radius 2 is 2.06 bits per heavy atom. The van der Waals surface area contributed by atoms with Crippen molar-refractivity contribution in [2.45, 2.75) is 30.7 Å². The monoisotopic (exact) mass is 371 g/mol. The van der Waals surface area contributed by atoms with Crippen LogP contribution < -0.4 is 4.72 Å². The predicted molar refractivity (Wildman–Crippen MR) is 78.0 cm³/mol.